The first-order chi connectivity index (χ1) is 11.4. The standard InChI is InChI=1S/C16H20F3N3O2/c17-16(18,19)12-3-1-2-11(10-12)15(24)21-9-6-14(23)22-13-4-7-20-8-5-13/h4-5,7-8,11-12H,1-3,6,9-10H2,(H,21,24)(H,20,22,23)/t11-,12+/m0/s1. The summed E-state index contributed by atoms with van der Waals surface area (Å²) in [5.41, 5.74) is 0.599. The van der Waals surface area contributed by atoms with E-state index in [0.717, 1.165) is 0 Å². The van der Waals surface area contributed by atoms with Gasteiger partial charge in [0.05, 0.1) is 5.92 Å². The van der Waals surface area contributed by atoms with E-state index < -0.39 is 23.9 Å². The number of halogens is 3. The molecule has 0 unspecified atom stereocenters. The second-order valence-corrected chi connectivity index (χ2v) is 5.93. The highest BCUT2D eigenvalue weighted by atomic mass is 19.4. The topological polar surface area (TPSA) is 71.1 Å². The van der Waals surface area contributed by atoms with E-state index in [4.69, 9.17) is 0 Å². The summed E-state index contributed by atoms with van der Waals surface area (Å²) in [6.07, 6.45) is -0.339. The molecule has 1 aliphatic rings. The van der Waals surface area contributed by atoms with Gasteiger partial charge in [0, 0.05) is 37.0 Å². The molecule has 1 fully saturated rings. The molecule has 2 amide bonds. The van der Waals surface area contributed by atoms with Crippen LogP contribution in [0.5, 0.6) is 0 Å². The Labute approximate surface area is 138 Å². The van der Waals surface area contributed by atoms with Gasteiger partial charge in [0.2, 0.25) is 11.8 Å². The Kier molecular flexibility index (Phi) is 6.16. The zero-order valence-electron chi connectivity index (χ0n) is 13.1. The van der Waals surface area contributed by atoms with Crippen molar-refractivity contribution in [3.8, 4) is 0 Å². The summed E-state index contributed by atoms with van der Waals surface area (Å²) < 4.78 is 38.3. The lowest BCUT2D eigenvalue weighted by Gasteiger charge is -2.29. The number of rotatable bonds is 5. The van der Waals surface area contributed by atoms with Crippen molar-refractivity contribution in [1.82, 2.24) is 10.3 Å². The minimum atomic E-state index is -4.25. The highest BCUT2D eigenvalue weighted by molar-refractivity contribution is 5.91. The van der Waals surface area contributed by atoms with Gasteiger partial charge in [-0.1, -0.05) is 6.42 Å². The van der Waals surface area contributed by atoms with Crippen LogP contribution >= 0.6 is 0 Å². The molecule has 5 nitrogen and oxygen atoms in total. The van der Waals surface area contributed by atoms with Crippen molar-refractivity contribution in [2.24, 2.45) is 11.8 Å². The fraction of sp³-hybridized carbons (Fsp3) is 0.562. The average Bonchev–Trinajstić information content (AvgIpc) is 2.55. The van der Waals surface area contributed by atoms with Gasteiger partial charge in [-0.15, -0.1) is 0 Å². The van der Waals surface area contributed by atoms with Crippen LogP contribution in [0, 0.1) is 11.8 Å². The molecule has 0 spiro atoms. The number of hydrogen-bond donors (Lipinski definition) is 2. The Bertz CT molecular complexity index is 563. The molecule has 1 aliphatic carbocycles. The minimum Gasteiger partial charge on any atom is -0.355 e. The maximum Gasteiger partial charge on any atom is 0.391 e. The van der Waals surface area contributed by atoms with Crippen LogP contribution in [0.25, 0.3) is 0 Å². The highest BCUT2D eigenvalue weighted by Gasteiger charge is 2.43. The Morgan fingerprint density at radius 1 is 1.21 bits per heavy atom. The van der Waals surface area contributed by atoms with Gasteiger partial charge < -0.3 is 10.6 Å². The summed E-state index contributed by atoms with van der Waals surface area (Å²) in [4.78, 5) is 27.5. The van der Waals surface area contributed by atoms with Crippen LogP contribution in [0.4, 0.5) is 18.9 Å². The van der Waals surface area contributed by atoms with Crippen molar-refractivity contribution in [1.29, 1.82) is 0 Å². The number of nitrogens with zero attached hydrogens (tertiary/aromatic N) is 1. The van der Waals surface area contributed by atoms with E-state index in [0.29, 0.717) is 18.5 Å². The molecule has 2 rings (SSSR count). The summed E-state index contributed by atoms with van der Waals surface area (Å²) in [6.45, 7) is 0.100. The molecule has 1 heterocycles. The third-order valence-electron chi connectivity index (χ3n) is 4.12. The van der Waals surface area contributed by atoms with Crippen molar-refractivity contribution in [2.75, 3.05) is 11.9 Å². The molecular weight excluding hydrogens is 323 g/mol. The van der Waals surface area contributed by atoms with E-state index in [1.165, 1.54) is 12.4 Å². The molecule has 0 aromatic carbocycles. The maximum absolute atomic E-state index is 12.8. The van der Waals surface area contributed by atoms with Crippen molar-refractivity contribution in [2.45, 2.75) is 38.3 Å². The fourth-order valence-electron chi connectivity index (χ4n) is 2.83. The van der Waals surface area contributed by atoms with Crippen molar-refractivity contribution >= 4 is 17.5 Å². The molecule has 1 saturated carbocycles. The highest BCUT2D eigenvalue weighted by Crippen LogP contribution is 2.39. The predicted octanol–water partition coefficient (Wildman–Crippen LogP) is 2.90. The first-order valence-corrected chi connectivity index (χ1v) is 7.90. The molecule has 2 atom stereocenters. The number of anilines is 1. The van der Waals surface area contributed by atoms with Crippen LogP contribution in [-0.2, 0) is 9.59 Å². The van der Waals surface area contributed by atoms with E-state index in [9.17, 15) is 22.8 Å². The normalized spacial score (nSPS) is 21.1. The minimum absolute atomic E-state index is 0.0590. The quantitative estimate of drug-likeness (QED) is 0.864. The van der Waals surface area contributed by atoms with Crippen LogP contribution in [0.3, 0.4) is 0 Å². The summed E-state index contributed by atoms with van der Waals surface area (Å²) in [6, 6.07) is 3.27. The number of carbonyl (C=O) groups excluding carboxylic acids is 2. The van der Waals surface area contributed by atoms with E-state index in [2.05, 4.69) is 15.6 Å². The molecule has 1 aromatic heterocycles. The molecule has 2 N–H and O–H groups in total. The largest absolute Gasteiger partial charge is 0.391 e. The lowest BCUT2D eigenvalue weighted by Crippen LogP contribution is -2.38. The molecule has 8 heteroatoms. The number of nitrogens with one attached hydrogen (secondary N) is 2. The number of pyridine rings is 1. The summed E-state index contributed by atoms with van der Waals surface area (Å²) in [5.74, 6) is -2.72. The van der Waals surface area contributed by atoms with Gasteiger partial charge >= 0.3 is 6.18 Å². The first-order valence-electron chi connectivity index (χ1n) is 7.90. The fourth-order valence-corrected chi connectivity index (χ4v) is 2.83. The molecule has 132 valence electrons. The van der Waals surface area contributed by atoms with Gasteiger partial charge in [-0.05, 0) is 31.4 Å². The van der Waals surface area contributed by atoms with Crippen LogP contribution < -0.4 is 10.6 Å². The third-order valence-corrected chi connectivity index (χ3v) is 4.12. The van der Waals surface area contributed by atoms with E-state index in [1.54, 1.807) is 12.1 Å². The lowest BCUT2D eigenvalue weighted by atomic mass is 9.80. The molecule has 0 aliphatic heterocycles. The zero-order valence-corrected chi connectivity index (χ0v) is 13.1. The van der Waals surface area contributed by atoms with Crippen LogP contribution in [0.2, 0.25) is 0 Å². The van der Waals surface area contributed by atoms with E-state index in [1.807, 2.05) is 0 Å². The smallest absolute Gasteiger partial charge is 0.355 e. The molecule has 1 aromatic rings. The number of amides is 2. The average molecular weight is 343 g/mol. The van der Waals surface area contributed by atoms with Crippen LogP contribution in [0.1, 0.15) is 32.1 Å². The van der Waals surface area contributed by atoms with Gasteiger partial charge in [-0.2, -0.15) is 13.2 Å². The second-order valence-electron chi connectivity index (χ2n) is 5.93. The van der Waals surface area contributed by atoms with Crippen molar-refractivity contribution in [3.63, 3.8) is 0 Å². The molecule has 0 saturated heterocycles. The number of carbonyl (C=O) groups is 2. The first kappa shape index (κ1) is 18.2. The van der Waals surface area contributed by atoms with Crippen LogP contribution in [-0.4, -0.2) is 29.5 Å². The molecule has 0 radical (unpaired) electrons. The lowest BCUT2D eigenvalue weighted by molar-refractivity contribution is -0.186. The van der Waals surface area contributed by atoms with E-state index in [-0.39, 0.29) is 31.7 Å². The predicted molar refractivity (Wildman–Crippen MR) is 82.0 cm³/mol. The number of alkyl halides is 3. The van der Waals surface area contributed by atoms with Gasteiger partial charge in [0.1, 0.15) is 0 Å². The van der Waals surface area contributed by atoms with E-state index >= 15 is 0 Å². The Hall–Kier alpha value is -2.12. The molecule has 0 bridgehead atoms. The Balaban J connectivity index is 1.72. The monoisotopic (exact) mass is 343 g/mol. The number of aromatic nitrogens is 1. The van der Waals surface area contributed by atoms with Crippen molar-refractivity contribution in [3.05, 3.63) is 24.5 Å². The summed E-state index contributed by atoms with van der Waals surface area (Å²) in [7, 11) is 0. The van der Waals surface area contributed by atoms with Gasteiger partial charge in [-0.25, -0.2) is 0 Å². The third kappa shape index (κ3) is 5.50. The van der Waals surface area contributed by atoms with Crippen molar-refractivity contribution < 1.29 is 22.8 Å². The van der Waals surface area contributed by atoms with Crippen LogP contribution in [0.15, 0.2) is 24.5 Å². The SMILES string of the molecule is O=C(CCNC(=O)[C@H]1CCC[C@@H](C(F)(F)F)C1)Nc1ccncc1. The summed E-state index contributed by atoms with van der Waals surface area (Å²) >= 11 is 0. The maximum atomic E-state index is 12.8. The zero-order chi connectivity index (χ0) is 17.6. The van der Waals surface area contributed by atoms with Gasteiger partial charge in [0.15, 0.2) is 0 Å². The summed E-state index contributed by atoms with van der Waals surface area (Å²) in [5, 5.41) is 5.20. The second kappa shape index (κ2) is 8.12. The van der Waals surface area contributed by atoms with Gasteiger partial charge in [0.25, 0.3) is 0 Å². The Morgan fingerprint density at radius 2 is 1.92 bits per heavy atom. The molecular formula is C16H20F3N3O2. The molecule has 24 heavy (non-hydrogen) atoms. The Morgan fingerprint density at radius 3 is 2.58 bits per heavy atom. The number of hydrogen-bond acceptors (Lipinski definition) is 3. The van der Waals surface area contributed by atoms with Gasteiger partial charge in [-0.3, -0.25) is 14.6 Å².